The van der Waals surface area contributed by atoms with Crippen LogP contribution in [0.5, 0.6) is 0 Å². The summed E-state index contributed by atoms with van der Waals surface area (Å²) < 4.78 is 5.34. The van der Waals surface area contributed by atoms with E-state index >= 15 is 0 Å². The first-order chi connectivity index (χ1) is 9.22. The summed E-state index contributed by atoms with van der Waals surface area (Å²) in [5, 5.41) is 0.996. The normalized spacial score (nSPS) is 11.1. The molecule has 3 nitrogen and oxygen atoms in total. The number of nitrogens with one attached hydrogen (secondary N) is 1. The van der Waals surface area contributed by atoms with E-state index in [1.165, 1.54) is 0 Å². The second-order valence-corrected chi connectivity index (χ2v) is 4.64. The Morgan fingerprint density at radius 3 is 2.89 bits per heavy atom. The highest BCUT2D eigenvalue weighted by Gasteiger charge is 2.19. The number of aromatic nitrogens is 1. The van der Waals surface area contributed by atoms with Crippen LogP contribution in [0.3, 0.4) is 0 Å². The Bertz CT molecular complexity index is 749. The van der Waals surface area contributed by atoms with Gasteiger partial charge in [-0.05, 0) is 24.6 Å². The highest BCUT2D eigenvalue weighted by molar-refractivity contribution is 6.17. The van der Waals surface area contributed by atoms with Gasteiger partial charge >= 0.3 is 0 Å². The molecule has 0 amide bonds. The summed E-state index contributed by atoms with van der Waals surface area (Å²) in [5.74, 6) is 0.763. The Balaban J connectivity index is 2.17. The highest BCUT2D eigenvalue weighted by Crippen LogP contribution is 2.25. The van der Waals surface area contributed by atoms with Gasteiger partial charge < -0.3 is 9.40 Å². The number of fused-ring (bicyclic) bond motifs is 1. The van der Waals surface area contributed by atoms with Crippen LogP contribution in [0, 0.1) is 6.92 Å². The van der Waals surface area contributed by atoms with E-state index in [2.05, 4.69) is 4.98 Å². The summed E-state index contributed by atoms with van der Waals surface area (Å²) in [5.41, 5.74) is 3.46. The first-order valence-corrected chi connectivity index (χ1v) is 6.40. The SMILES string of the molecule is CCc1occc1C(=O)c1c[nH]c2cccc(C)c12. The number of carbonyl (C=O) groups excluding carboxylic acids is 1. The standard InChI is InChI=1S/C16H15NO2/c1-3-14-11(7-8-19-14)16(18)12-9-17-13-6-4-5-10(2)15(12)13/h4-9,17H,3H2,1-2H3. The molecule has 0 aliphatic rings. The van der Waals surface area contributed by atoms with E-state index in [0.29, 0.717) is 11.1 Å². The third-order valence-electron chi connectivity index (χ3n) is 3.47. The number of carbonyl (C=O) groups is 1. The van der Waals surface area contributed by atoms with Crippen LogP contribution in [0.25, 0.3) is 10.9 Å². The summed E-state index contributed by atoms with van der Waals surface area (Å²) in [6, 6.07) is 7.73. The second kappa shape index (κ2) is 4.43. The molecule has 3 aromatic rings. The molecule has 96 valence electrons. The van der Waals surface area contributed by atoms with Crippen LogP contribution in [-0.4, -0.2) is 10.8 Å². The predicted octanol–water partition coefficient (Wildman–Crippen LogP) is 3.86. The third kappa shape index (κ3) is 1.78. The van der Waals surface area contributed by atoms with Crippen molar-refractivity contribution in [1.82, 2.24) is 4.98 Å². The zero-order valence-electron chi connectivity index (χ0n) is 11.0. The number of furan rings is 1. The molecule has 0 fully saturated rings. The topological polar surface area (TPSA) is 46.0 Å². The second-order valence-electron chi connectivity index (χ2n) is 4.64. The summed E-state index contributed by atoms with van der Waals surface area (Å²) in [6.45, 7) is 4.00. The molecule has 0 spiro atoms. The van der Waals surface area contributed by atoms with Gasteiger partial charge in [-0.25, -0.2) is 0 Å². The van der Waals surface area contributed by atoms with Crippen LogP contribution < -0.4 is 0 Å². The minimum atomic E-state index is 0.0196. The van der Waals surface area contributed by atoms with Gasteiger partial charge in [-0.2, -0.15) is 0 Å². The summed E-state index contributed by atoms with van der Waals surface area (Å²) >= 11 is 0. The van der Waals surface area contributed by atoms with Crippen molar-refractivity contribution in [2.75, 3.05) is 0 Å². The molecule has 19 heavy (non-hydrogen) atoms. The van der Waals surface area contributed by atoms with Gasteiger partial charge in [0.2, 0.25) is 0 Å². The smallest absolute Gasteiger partial charge is 0.198 e. The fraction of sp³-hybridized carbons (Fsp3) is 0.188. The lowest BCUT2D eigenvalue weighted by Gasteiger charge is -2.01. The number of hydrogen-bond donors (Lipinski definition) is 1. The Kier molecular flexibility index (Phi) is 2.75. The zero-order valence-corrected chi connectivity index (χ0v) is 11.0. The summed E-state index contributed by atoms with van der Waals surface area (Å²) in [7, 11) is 0. The lowest BCUT2D eigenvalue weighted by Crippen LogP contribution is -2.02. The van der Waals surface area contributed by atoms with Crippen molar-refractivity contribution in [3.8, 4) is 0 Å². The van der Waals surface area contributed by atoms with Crippen LogP contribution in [-0.2, 0) is 6.42 Å². The number of benzene rings is 1. The maximum absolute atomic E-state index is 12.6. The molecule has 0 atom stereocenters. The minimum absolute atomic E-state index is 0.0196. The molecule has 0 aliphatic carbocycles. The molecule has 1 aromatic carbocycles. The maximum Gasteiger partial charge on any atom is 0.198 e. The Morgan fingerprint density at radius 1 is 1.26 bits per heavy atom. The molecule has 0 bridgehead atoms. The van der Waals surface area contributed by atoms with Gasteiger partial charge in [0, 0.05) is 29.1 Å². The average molecular weight is 253 g/mol. The van der Waals surface area contributed by atoms with Gasteiger partial charge in [-0.1, -0.05) is 19.1 Å². The van der Waals surface area contributed by atoms with Gasteiger partial charge in [-0.15, -0.1) is 0 Å². The van der Waals surface area contributed by atoms with Crippen molar-refractivity contribution in [2.45, 2.75) is 20.3 Å². The number of rotatable bonds is 3. The molecule has 3 heteroatoms. The molecule has 0 radical (unpaired) electrons. The fourth-order valence-corrected chi connectivity index (χ4v) is 2.51. The van der Waals surface area contributed by atoms with Crippen molar-refractivity contribution in [1.29, 1.82) is 0 Å². The van der Waals surface area contributed by atoms with Crippen LogP contribution >= 0.6 is 0 Å². The van der Waals surface area contributed by atoms with Crippen molar-refractivity contribution in [3.05, 3.63) is 59.2 Å². The van der Waals surface area contributed by atoms with Crippen LogP contribution in [0.15, 0.2) is 41.1 Å². The van der Waals surface area contributed by atoms with Crippen molar-refractivity contribution >= 4 is 16.7 Å². The van der Waals surface area contributed by atoms with Crippen LogP contribution in [0.2, 0.25) is 0 Å². The number of ketones is 1. The Morgan fingerprint density at radius 2 is 2.11 bits per heavy atom. The van der Waals surface area contributed by atoms with E-state index in [4.69, 9.17) is 4.42 Å². The van der Waals surface area contributed by atoms with Gasteiger partial charge in [0.1, 0.15) is 5.76 Å². The van der Waals surface area contributed by atoms with E-state index in [1.54, 1.807) is 18.5 Å². The Labute approximate surface area is 111 Å². The molecule has 0 saturated heterocycles. The molecule has 2 heterocycles. The van der Waals surface area contributed by atoms with Gasteiger partial charge in [0.15, 0.2) is 5.78 Å². The van der Waals surface area contributed by atoms with Crippen molar-refractivity contribution in [3.63, 3.8) is 0 Å². The average Bonchev–Trinajstić information content (AvgIpc) is 3.05. The predicted molar refractivity (Wildman–Crippen MR) is 74.6 cm³/mol. The third-order valence-corrected chi connectivity index (χ3v) is 3.47. The Hall–Kier alpha value is -2.29. The number of aromatic amines is 1. The highest BCUT2D eigenvalue weighted by atomic mass is 16.3. The monoisotopic (exact) mass is 253 g/mol. The minimum Gasteiger partial charge on any atom is -0.469 e. The van der Waals surface area contributed by atoms with Crippen molar-refractivity contribution < 1.29 is 9.21 Å². The molecule has 3 rings (SSSR count). The van der Waals surface area contributed by atoms with E-state index in [9.17, 15) is 4.79 Å². The lowest BCUT2D eigenvalue weighted by atomic mass is 10.00. The van der Waals surface area contributed by atoms with Gasteiger partial charge in [0.25, 0.3) is 0 Å². The van der Waals surface area contributed by atoms with E-state index in [-0.39, 0.29) is 5.78 Å². The molecule has 1 N–H and O–H groups in total. The first-order valence-electron chi connectivity index (χ1n) is 6.40. The van der Waals surface area contributed by atoms with E-state index < -0.39 is 0 Å². The summed E-state index contributed by atoms with van der Waals surface area (Å²) in [4.78, 5) is 15.8. The van der Waals surface area contributed by atoms with Crippen LogP contribution in [0.1, 0.15) is 34.2 Å². The fourth-order valence-electron chi connectivity index (χ4n) is 2.51. The molecular weight excluding hydrogens is 238 g/mol. The zero-order chi connectivity index (χ0) is 13.4. The quantitative estimate of drug-likeness (QED) is 0.720. The molecule has 2 aromatic heterocycles. The van der Waals surface area contributed by atoms with Gasteiger partial charge in [-0.3, -0.25) is 4.79 Å². The molecular formula is C16H15NO2. The number of aryl methyl sites for hydroxylation is 2. The van der Waals surface area contributed by atoms with E-state index in [0.717, 1.165) is 28.6 Å². The summed E-state index contributed by atoms with van der Waals surface area (Å²) in [6.07, 6.45) is 4.08. The molecule has 0 unspecified atom stereocenters. The van der Waals surface area contributed by atoms with Gasteiger partial charge in [0.05, 0.1) is 11.8 Å². The maximum atomic E-state index is 12.6. The largest absolute Gasteiger partial charge is 0.469 e. The molecule has 0 saturated carbocycles. The number of H-pyrrole nitrogens is 1. The van der Waals surface area contributed by atoms with Crippen molar-refractivity contribution in [2.24, 2.45) is 0 Å². The molecule has 0 aliphatic heterocycles. The lowest BCUT2D eigenvalue weighted by molar-refractivity contribution is 0.103. The first kappa shape index (κ1) is 11.8. The van der Waals surface area contributed by atoms with E-state index in [1.807, 2.05) is 32.0 Å². The van der Waals surface area contributed by atoms with Crippen LogP contribution in [0.4, 0.5) is 0 Å². The number of hydrogen-bond acceptors (Lipinski definition) is 2.